The van der Waals surface area contributed by atoms with E-state index in [0.717, 1.165) is 36.6 Å². The number of aliphatic imine (C=N–C) groups is 1. The normalized spacial score (nSPS) is 21.3. The van der Waals surface area contributed by atoms with Crippen LogP contribution in [0.15, 0.2) is 4.99 Å². The Morgan fingerprint density at radius 3 is 2.42 bits per heavy atom. The number of halogens is 1. The van der Waals surface area contributed by atoms with Gasteiger partial charge in [-0.05, 0) is 45.4 Å². The van der Waals surface area contributed by atoms with Crippen LogP contribution in [-0.2, 0) is 13.6 Å². The smallest absolute Gasteiger partial charge is 0.191 e. The zero-order valence-electron chi connectivity index (χ0n) is 15.9. The minimum atomic E-state index is 0. The molecule has 1 heterocycles. The van der Waals surface area contributed by atoms with E-state index in [4.69, 9.17) is 4.99 Å². The van der Waals surface area contributed by atoms with E-state index in [1.54, 1.807) is 0 Å². The molecule has 0 radical (unpaired) electrons. The first-order chi connectivity index (χ1) is 11.0. The molecule has 0 saturated heterocycles. The molecule has 0 aromatic carbocycles. The SMILES string of the molecule is CCNC(=NCc1c(C)nn(C)c1C)NCC1CCC(C)CC1.I. The third kappa shape index (κ3) is 5.93. The van der Waals surface area contributed by atoms with E-state index in [9.17, 15) is 0 Å². The number of nitrogens with zero attached hydrogens (tertiary/aromatic N) is 3. The monoisotopic (exact) mass is 447 g/mol. The van der Waals surface area contributed by atoms with Crippen LogP contribution in [0.5, 0.6) is 0 Å². The van der Waals surface area contributed by atoms with E-state index in [2.05, 4.69) is 43.4 Å². The maximum absolute atomic E-state index is 4.76. The number of hydrogen-bond acceptors (Lipinski definition) is 2. The van der Waals surface area contributed by atoms with Gasteiger partial charge in [0, 0.05) is 31.4 Å². The molecule has 2 N–H and O–H groups in total. The highest BCUT2D eigenvalue weighted by atomic mass is 127. The van der Waals surface area contributed by atoms with Gasteiger partial charge in [0.15, 0.2) is 5.96 Å². The molecule has 6 heteroatoms. The summed E-state index contributed by atoms with van der Waals surface area (Å²) in [6, 6.07) is 0. The molecule has 2 rings (SSSR count). The molecule has 0 atom stereocenters. The Labute approximate surface area is 164 Å². The molecule has 24 heavy (non-hydrogen) atoms. The number of aryl methyl sites for hydroxylation is 2. The molecular weight excluding hydrogens is 413 g/mol. The highest BCUT2D eigenvalue weighted by Gasteiger charge is 2.18. The summed E-state index contributed by atoms with van der Waals surface area (Å²) in [6.07, 6.45) is 5.42. The third-order valence-corrected chi connectivity index (χ3v) is 5.09. The highest BCUT2D eigenvalue weighted by Crippen LogP contribution is 2.27. The number of aromatic nitrogens is 2. The van der Waals surface area contributed by atoms with Crippen molar-refractivity contribution in [3.63, 3.8) is 0 Å². The highest BCUT2D eigenvalue weighted by molar-refractivity contribution is 14.0. The second-order valence-electron chi connectivity index (χ2n) is 6.97. The Hall–Kier alpha value is -0.790. The molecule has 1 aromatic heterocycles. The molecular formula is C18H34IN5. The second-order valence-corrected chi connectivity index (χ2v) is 6.97. The zero-order chi connectivity index (χ0) is 16.8. The average Bonchev–Trinajstić information content (AvgIpc) is 2.77. The minimum Gasteiger partial charge on any atom is -0.357 e. The molecule has 0 spiro atoms. The fourth-order valence-electron chi connectivity index (χ4n) is 3.32. The second kappa shape index (κ2) is 10.3. The van der Waals surface area contributed by atoms with Gasteiger partial charge < -0.3 is 10.6 Å². The Kier molecular flexibility index (Phi) is 9.08. The molecule has 1 saturated carbocycles. The maximum atomic E-state index is 4.76. The molecule has 138 valence electrons. The summed E-state index contributed by atoms with van der Waals surface area (Å²) >= 11 is 0. The summed E-state index contributed by atoms with van der Waals surface area (Å²) in [5.74, 6) is 2.62. The van der Waals surface area contributed by atoms with Gasteiger partial charge >= 0.3 is 0 Å². The van der Waals surface area contributed by atoms with Gasteiger partial charge in [-0.1, -0.05) is 19.8 Å². The van der Waals surface area contributed by atoms with E-state index in [1.807, 2.05) is 11.7 Å². The molecule has 0 aliphatic heterocycles. The lowest BCUT2D eigenvalue weighted by Crippen LogP contribution is -2.40. The van der Waals surface area contributed by atoms with E-state index >= 15 is 0 Å². The quantitative estimate of drug-likeness (QED) is 0.413. The van der Waals surface area contributed by atoms with Gasteiger partial charge in [0.25, 0.3) is 0 Å². The van der Waals surface area contributed by atoms with Crippen LogP contribution < -0.4 is 10.6 Å². The topological polar surface area (TPSA) is 54.2 Å². The van der Waals surface area contributed by atoms with Crippen LogP contribution >= 0.6 is 24.0 Å². The summed E-state index contributed by atoms with van der Waals surface area (Å²) in [7, 11) is 1.99. The first-order valence-corrected chi connectivity index (χ1v) is 9.02. The number of guanidine groups is 1. The Balaban J connectivity index is 0.00000288. The molecule has 1 aromatic rings. The average molecular weight is 447 g/mol. The molecule has 1 aliphatic carbocycles. The maximum Gasteiger partial charge on any atom is 0.191 e. The van der Waals surface area contributed by atoms with Crippen LogP contribution in [0.25, 0.3) is 0 Å². The van der Waals surface area contributed by atoms with Crippen molar-refractivity contribution in [2.24, 2.45) is 23.9 Å². The Bertz CT molecular complexity index is 530. The largest absolute Gasteiger partial charge is 0.357 e. The first kappa shape index (κ1) is 21.3. The minimum absolute atomic E-state index is 0. The van der Waals surface area contributed by atoms with Gasteiger partial charge in [0.1, 0.15) is 0 Å². The lowest BCUT2D eigenvalue weighted by atomic mass is 9.83. The molecule has 5 nitrogen and oxygen atoms in total. The zero-order valence-corrected chi connectivity index (χ0v) is 18.2. The lowest BCUT2D eigenvalue weighted by molar-refractivity contribution is 0.289. The van der Waals surface area contributed by atoms with Crippen LogP contribution in [0.2, 0.25) is 0 Å². The fourth-order valence-corrected chi connectivity index (χ4v) is 3.32. The van der Waals surface area contributed by atoms with Crippen molar-refractivity contribution in [2.45, 2.75) is 59.9 Å². The summed E-state index contributed by atoms with van der Waals surface area (Å²) in [4.78, 5) is 4.76. The fraction of sp³-hybridized carbons (Fsp3) is 0.778. The van der Waals surface area contributed by atoms with Crippen molar-refractivity contribution in [3.8, 4) is 0 Å². The van der Waals surface area contributed by atoms with Crippen molar-refractivity contribution in [1.82, 2.24) is 20.4 Å². The van der Waals surface area contributed by atoms with Gasteiger partial charge in [-0.2, -0.15) is 5.10 Å². The predicted molar refractivity (Wildman–Crippen MR) is 112 cm³/mol. The molecule has 0 bridgehead atoms. The van der Waals surface area contributed by atoms with Crippen molar-refractivity contribution in [1.29, 1.82) is 0 Å². The van der Waals surface area contributed by atoms with E-state index in [-0.39, 0.29) is 24.0 Å². The summed E-state index contributed by atoms with van der Waals surface area (Å²) < 4.78 is 1.93. The number of rotatable bonds is 5. The van der Waals surface area contributed by atoms with Gasteiger partial charge in [-0.25, -0.2) is 4.99 Å². The standard InChI is InChI=1S/C18H33N5.HI/c1-6-19-18(20-11-16-9-7-13(2)8-10-16)21-12-17-14(3)22-23(5)15(17)4;/h13,16H,6-12H2,1-5H3,(H2,19,20,21);1H. The molecule has 0 amide bonds. The molecule has 0 unspecified atom stereocenters. The lowest BCUT2D eigenvalue weighted by Gasteiger charge is -2.26. The van der Waals surface area contributed by atoms with Crippen molar-refractivity contribution >= 4 is 29.9 Å². The number of nitrogens with one attached hydrogen (secondary N) is 2. The Morgan fingerprint density at radius 1 is 1.21 bits per heavy atom. The van der Waals surface area contributed by atoms with Crippen molar-refractivity contribution < 1.29 is 0 Å². The van der Waals surface area contributed by atoms with Gasteiger partial charge in [-0.15, -0.1) is 24.0 Å². The first-order valence-electron chi connectivity index (χ1n) is 9.02. The van der Waals surface area contributed by atoms with Gasteiger partial charge in [0.05, 0.1) is 12.2 Å². The van der Waals surface area contributed by atoms with Crippen LogP contribution in [0.3, 0.4) is 0 Å². The van der Waals surface area contributed by atoms with Crippen LogP contribution in [-0.4, -0.2) is 28.8 Å². The van der Waals surface area contributed by atoms with Crippen LogP contribution in [0.4, 0.5) is 0 Å². The van der Waals surface area contributed by atoms with E-state index in [1.165, 1.54) is 36.9 Å². The van der Waals surface area contributed by atoms with Crippen molar-refractivity contribution in [3.05, 3.63) is 17.0 Å². The predicted octanol–water partition coefficient (Wildman–Crippen LogP) is 3.54. The molecule has 1 aliphatic rings. The van der Waals surface area contributed by atoms with Crippen LogP contribution in [0.1, 0.15) is 56.5 Å². The van der Waals surface area contributed by atoms with Crippen molar-refractivity contribution in [2.75, 3.05) is 13.1 Å². The number of hydrogen-bond donors (Lipinski definition) is 2. The van der Waals surface area contributed by atoms with Gasteiger partial charge in [-0.3, -0.25) is 4.68 Å². The van der Waals surface area contributed by atoms with Crippen LogP contribution in [0, 0.1) is 25.7 Å². The Morgan fingerprint density at radius 2 is 1.88 bits per heavy atom. The van der Waals surface area contributed by atoms with E-state index in [0.29, 0.717) is 6.54 Å². The summed E-state index contributed by atoms with van der Waals surface area (Å²) in [5.41, 5.74) is 3.51. The molecule has 1 fully saturated rings. The summed E-state index contributed by atoms with van der Waals surface area (Å²) in [6.45, 7) is 11.2. The van der Waals surface area contributed by atoms with Gasteiger partial charge in [0.2, 0.25) is 0 Å². The van der Waals surface area contributed by atoms with E-state index < -0.39 is 0 Å². The summed E-state index contributed by atoms with van der Waals surface area (Å²) in [5, 5.41) is 11.4. The third-order valence-electron chi connectivity index (χ3n) is 5.09.